The average molecular weight is 368 g/mol. The van der Waals surface area contributed by atoms with E-state index in [4.69, 9.17) is 0 Å². The van der Waals surface area contributed by atoms with Gasteiger partial charge in [-0.3, -0.25) is 9.59 Å². The zero-order valence-corrected chi connectivity index (χ0v) is 15.1. The molecule has 2 saturated heterocycles. The van der Waals surface area contributed by atoms with Gasteiger partial charge < -0.3 is 20.2 Å². The molecular formula is C18H26ClN3O3. The van der Waals surface area contributed by atoms with Crippen molar-refractivity contribution in [2.75, 3.05) is 26.2 Å². The minimum Gasteiger partial charge on any atom is -0.393 e. The number of benzene rings is 1. The van der Waals surface area contributed by atoms with Crippen molar-refractivity contribution >= 4 is 24.2 Å². The second-order valence-corrected chi connectivity index (χ2v) is 6.57. The number of aliphatic hydroxyl groups is 1. The molecule has 2 amide bonds. The summed E-state index contributed by atoms with van der Waals surface area (Å²) in [6, 6.07) is 9.46. The molecule has 0 radical (unpaired) electrons. The molecular weight excluding hydrogens is 342 g/mol. The lowest BCUT2D eigenvalue weighted by Crippen LogP contribution is -2.56. The third-order valence-corrected chi connectivity index (χ3v) is 4.79. The molecule has 2 aliphatic heterocycles. The van der Waals surface area contributed by atoms with Gasteiger partial charge >= 0.3 is 0 Å². The highest BCUT2D eigenvalue weighted by Gasteiger charge is 2.32. The van der Waals surface area contributed by atoms with Crippen LogP contribution in [-0.2, 0) is 16.1 Å². The SMILES string of the molecule is Cl.O=C(CC1NCCN(Cc2ccccc2)C1=O)N1CCC(O)CC1. The number of halogens is 1. The number of nitrogens with zero attached hydrogens (tertiary/aromatic N) is 2. The maximum Gasteiger partial charge on any atom is 0.240 e. The van der Waals surface area contributed by atoms with E-state index in [1.165, 1.54) is 0 Å². The Morgan fingerprint density at radius 3 is 2.52 bits per heavy atom. The van der Waals surface area contributed by atoms with Crippen LogP contribution in [0.3, 0.4) is 0 Å². The molecule has 1 aromatic carbocycles. The summed E-state index contributed by atoms with van der Waals surface area (Å²) in [6.07, 6.45) is 1.14. The summed E-state index contributed by atoms with van der Waals surface area (Å²) in [7, 11) is 0. The Morgan fingerprint density at radius 2 is 1.84 bits per heavy atom. The predicted octanol–water partition coefficient (Wildman–Crippen LogP) is 0.782. The van der Waals surface area contributed by atoms with Crippen molar-refractivity contribution in [1.29, 1.82) is 0 Å². The van der Waals surface area contributed by atoms with E-state index in [1.807, 2.05) is 35.2 Å². The molecule has 0 bridgehead atoms. The van der Waals surface area contributed by atoms with E-state index >= 15 is 0 Å². The van der Waals surface area contributed by atoms with Gasteiger partial charge in [-0.05, 0) is 18.4 Å². The summed E-state index contributed by atoms with van der Waals surface area (Å²) < 4.78 is 0. The fourth-order valence-electron chi connectivity index (χ4n) is 3.33. The van der Waals surface area contributed by atoms with Crippen LogP contribution in [0.4, 0.5) is 0 Å². The number of carbonyl (C=O) groups is 2. The lowest BCUT2D eigenvalue weighted by atomic mass is 10.0. The van der Waals surface area contributed by atoms with Crippen molar-refractivity contribution < 1.29 is 14.7 Å². The monoisotopic (exact) mass is 367 g/mol. The Kier molecular flexibility index (Phi) is 7.23. The van der Waals surface area contributed by atoms with Crippen molar-refractivity contribution in [3.8, 4) is 0 Å². The number of carbonyl (C=O) groups excluding carboxylic acids is 2. The largest absolute Gasteiger partial charge is 0.393 e. The third-order valence-electron chi connectivity index (χ3n) is 4.79. The van der Waals surface area contributed by atoms with E-state index in [9.17, 15) is 14.7 Å². The van der Waals surface area contributed by atoms with E-state index in [1.54, 1.807) is 4.90 Å². The van der Waals surface area contributed by atoms with E-state index in [0.29, 0.717) is 45.6 Å². The molecule has 0 aromatic heterocycles. The van der Waals surface area contributed by atoms with Crippen LogP contribution in [0.25, 0.3) is 0 Å². The normalized spacial score (nSPS) is 21.8. The van der Waals surface area contributed by atoms with E-state index in [2.05, 4.69) is 5.32 Å². The van der Waals surface area contributed by atoms with E-state index in [-0.39, 0.29) is 36.7 Å². The zero-order valence-electron chi connectivity index (χ0n) is 14.3. The Morgan fingerprint density at radius 1 is 1.16 bits per heavy atom. The number of nitrogens with one attached hydrogen (secondary N) is 1. The predicted molar refractivity (Wildman–Crippen MR) is 97.3 cm³/mol. The number of piperidine rings is 1. The van der Waals surface area contributed by atoms with Crippen LogP contribution in [0.1, 0.15) is 24.8 Å². The molecule has 2 N–H and O–H groups in total. The second-order valence-electron chi connectivity index (χ2n) is 6.57. The molecule has 7 heteroatoms. The number of amides is 2. The van der Waals surface area contributed by atoms with Crippen LogP contribution in [-0.4, -0.2) is 65.0 Å². The van der Waals surface area contributed by atoms with Crippen LogP contribution in [0.5, 0.6) is 0 Å². The first-order valence-electron chi connectivity index (χ1n) is 8.65. The fourth-order valence-corrected chi connectivity index (χ4v) is 3.33. The minimum atomic E-state index is -0.443. The smallest absolute Gasteiger partial charge is 0.240 e. The Bertz CT molecular complexity index is 576. The number of aliphatic hydroxyl groups excluding tert-OH is 1. The van der Waals surface area contributed by atoms with Gasteiger partial charge in [0.15, 0.2) is 0 Å². The second kappa shape index (κ2) is 9.17. The Hall–Kier alpha value is -1.63. The number of rotatable bonds is 4. The van der Waals surface area contributed by atoms with Gasteiger partial charge in [-0.25, -0.2) is 0 Å². The van der Waals surface area contributed by atoms with Gasteiger partial charge in [0.1, 0.15) is 0 Å². The van der Waals surface area contributed by atoms with Gasteiger partial charge in [0.05, 0.1) is 18.6 Å². The number of piperazine rings is 1. The van der Waals surface area contributed by atoms with Crippen LogP contribution >= 0.6 is 12.4 Å². The maximum atomic E-state index is 12.7. The van der Waals surface area contributed by atoms with Crippen molar-refractivity contribution in [3.05, 3.63) is 35.9 Å². The summed E-state index contributed by atoms with van der Waals surface area (Å²) in [5.74, 6) is -0.00944. The van der Waals surface area contributed by atoms with Gasteiger partial charge in [0.2, 0.25) is 11.8 Å². The van der Waals surface area contributed by atoms with E-state index < -0.39 is 6.04 Å². The molecule has 3 rings (SSSR count). The summed E-state index contributed by atoms with van der Waals surface area (Å²) >= 11 is 0. The number of hydrogen-bond donors (Lipinski definition) is 2. The number of likely N-dealkylation sites (tertiary alicyclic amines) is 1. The first-order chi connectivity index (χ1) is 11.6. The van der Waals surface area contributed by atoms with Gasteiger partial charge in [-0.2, -0.15) is 0 Å². The molecule has 6 nitrogen and oxygen atoms in total. The highest BCUT2D eigenvalue weighted by molar-refractivity contribution is 5.89. The topological polar surface area (TPSA) is 72.9 Å². The van der Waals surface area contributed by atoms with Gasteiger partial charge in [-0.15, -0.1) is 12.4 Å². The van der Waals surface area contributed by atoms with Crippen molar-refractivity contribution in [2.24, 2.45) is 0 Å². The molecule has 2 aliphatic rings. The molecule has 1 aromatic rings. The first-order valence-corrected chi connectivity index (χ1v) is 8.65. The van der Waals surface area contributed by atoms with Gasteiger partial charge in [0, 0.05) is 32.7 Å². The maximum absolute atomic E-state index is 12.7. The van der Waals surface area contributed by atoms with Crippen molar-refractivity contribution in [1.82, 2.24) is 15.1 Å². The molecule has 0 aliphatic carbocycles. The molecule has 0 spiro atoms. The Balaban J connectivity index is 0.00000225. The molecule has 1 unspecified atom stereocenters. The molecule has 2 heterocycles. The zero-order chi connectivity index (χ0) is 16.9. The lowest BCUT2D eigenvalue weighted by Gasteiger charge is -2.35. The minimum absolute atomic E-state index is 0. The molecule has 138 valence electrons. The third kappa shape index (κ3) is 5.17. The molecule has 25 heavy (non-hydrogen) atoms. The summed E-state index contributed by atoms with van der Waals surface area (Å²) in [5, 5.41) is 12.7. The Labute approximate surface area is 154 Å². The van der Waals surface area contributed by atoms with Gasteiger partial charge in [-0.1, -0.05) is 30.3 Å². The highest BCUT2D eigenvalue weighted by atomic mass is 35.5. The van der Waals surface area contributed by atoms with Crippen LogP contribution < -0.4 is 5.32 Å². The number of hydrogen-bond acceptors (Lipinski definition) is 4. The summed E-state index contributed by atoms with van der Waals surface area (Å²) in [6.45, 7) is 3.11. The highest BCUT2D eigenvalue weighted by Crippen LogP contribution is 2.15. The quantitative estimate of drug-likeness (QED) is 0.825. The van der Waals surface area contributed by atoms with Crippen molar-refractivity contribution in [2.45, 2.75) is 38.0 Å². The molecule has 1 atom stereocenters. The summed E-state index contributed by atoms with van der Waals surface area (Å²) in [5.41, 5.74) is 1.10. The first kappa shape index (κ1) is 19.7. The van der Waals surface area contributed by atoms with Crippen LogP contribution in [0.15, 0.2) is 30.3 Å². The van der Waals surface area contributed by atoms with E-state index in [0.717, 1.165) is 5.56 Å². The standard InChI is InChI=1S/C18H25N3O3.ClH/c22-15-6-9-20(10-7-15)17(23)12-16-18(24)21(11-8-19-16)13-14-4-2-1-3-5-14;/h1-5,15-16,19,22H,6-13H2;1H. The fraction of sp³-hybridized carbons (Fsp3) is 0.556. The lowest BCUT2D eigenvalue weighted by molar-refractivity contribution is -0.142. The summed E-state index contributed by atoms with van der Waals surface area (Å²) in [4.78, 5) is 28.7. The van der Waals surface area contributed by atoms with Gasteiger partial charge in [0.25, 0.3) is 0 Å². The van der Waals surface area contributed by atoms with Crippen LogP contribution in [0.2, 0.25) is 0 Å². The molecule has 2 fully saturated rings. The molecule has 0 saturated carbocycles. The average Bonchev–Trinajstić information content (AvgIpc) is 2.60. The van der Waals surface area contributed by atoms with Crippen molar-refractivity contribution in [3.63, 3.8) is 0 Å². The van der Waals surface area contributed by atoms with Crippen LogP contribution in [0, 0.1) is 0 Å².